The van der Waals surface area contributed by atoms with Crippen LogP contribution in [0.1, 0.15) is 100 Å². The first-order valence-corrected chi connectivity index (χ1v) is 15.4. The zero-order valence-corrected chi connectivity index (χ0v) is 21.7. The minimum atomic E-state index is -1.71. The van der Waals surface area contributed by atoms with Crippen molar-refractivity contribution in [3.8, 4) is 11.1 Å². The maximum Gasteiger partial charge on any atom is 0.131 e. The van der Waals surface area contributed by atoms with Crippen molar-refractivity contribution in [3.63, 3.8) is 0 Å². The van der Waals surface area contributed by atoms with E-state index in [0.717, 1.165) is 0 Å². The quantitative estimate of drug-likeness (QED) is 0.343. The van der Waals surface area contributed by atoms with Gasteiger partial charge in [-0.3, -0.25) is 0 Å². The minimum absolute atomic E-state index is 0.145. The van der Waals surface area contributed by atoms with Gasteiger partial charge in [0.1, 0.15) is 8.24 Å². The third kappa shape index (κ3) is 4.34. The van der Waals surface area contributed by atoms with Crippen LogP contribution in [-0.4, -0.2) is 13.8 Å². The van der Waals surface area contributed by atoms with Gasteiger partial charge in [0.25, 0.3) is 0 Å². The van der Waals surface area contributed by atoms with Crippen molar-refractivity contribution in [1.82, 2.24) is 4.98 Å². The van der Waals surface area contributed by atoms with Gasteiger partial charge < -0.3 is 4.98 Å². The average molecular weight is 432 g/mol. The molecule has 0 bridgehead atoms. The van der Waals surface area contributed by atoms with E-state index in [2.05, 4.69) is 95.2 Å². The Kier molecular flexibility index (Phi) is 6.09. The smallest absolute Gasteiger partial charge is 0.131 e. The van der Waals surface area contributed by atoms with Gasteiger partial charge in [-0.05, 0) is 73.6 Å². The second-order valence-corrected chi connectivity index (χ2v) is 15.7. The van der Waals surface area contributed by atoms with Crippen LogP contribution in [0.5, 0.6) is 0 Å². The van der Waals surface area contributed by atoms with Crippen molar-refractivity contribution in [3.05, 3.63) is 64.2 Å². The second-order valence-electron chi connectivity index (χ2n) is 11.5. The molecule has 2 heteroatoms. The van der Waals surface area contributed by atoms with Crippen LogP contribution >= 0.6 is 0 Å². The highest BCUT2D eigenvalue weighted by Crippen LogP contribution is 2.51. The molecular formula is C29H41NSi. The van der Waals surface area contributed by atoms with Crippen molar-refractivity contribution in [2.24, 2.45) is 0 Å². The number of allylic oxidation sites excluding steroid dienone is 1. The van der Waals surface area contributed by atoms with E-state index in [-0.39, 0.29) is 5.54 Å². The topological polar surface area (TPSA) is 12.0 Å². The molecule has 4 rings (SSSR count). The summed E-state index contributed by atoms with van der Waals surface area (Å²) in [6, 6.07) is 14.3. The zero-order valence-electron chi connectivity index (χ0n) is 20.7. The maximum atomic E-state index is 4.04. The number of fused-ring (bicyclic) bond motifs is 4. The lowest BCUT2D eigenvalue weighted by atomic mass is 9.90. The maximum absolute atomic E-state index is 4.04. The predicted molar refractivity (Wildman–Crippen MR) is 139 cm³/mol. The van der Waals surface area contributed by atoms with Gasteiger partial charge >= 0.3 is 0 Å². The van der Waals surface area contributed by atoms with Crippen LogP contribution < -0.4 is 4.98 Å². The molecule has 2 aliphatic rings. The molecular weight excluding hydrogens is 390 g/mol. The van der Waals surface area contributed by atoms with E-state index >= 15 is 0 Å². The molecule has 2 unspecified atom stereocenters. The zero-order chi connectivity index (χ0) is 22.4. The molecule has 2 atom stereocenters. The average Bonchev–Trinajstić information content (AvgIpc) is 3.15. The molecule has 0 radical (unpaired) electrons. The highest BCUT2D eigenvalue weighted by molar-refractivity contribution is 6.77. The Hall–Kier alpha value is -1.64. The fraction of sp³-hybridized carbons (Fsp3) is 0.517. The number of hydrogen-bond donors (Lipinski definition) is 1. The standard InChI is InChI=1S/C29H41NSi/c1-8-9-10-11-14-23-22-15-12-13-16-24(22)27-19-25-21(18-26(23)27)17-20(2)28(25)31(6,7)30-29(3,4)5/h12-13,15-19,23,28,30H,8-11,14H2,1-7H3. The fourth-order valence-electron chi connectivity index (χ4n) is 6.42. The molecule has 1 nitrogen and oxygen atoms in total. The third-order valence-electron chi connectivity index (χ3n) is 7.17. The monoisotopic (exact) mass is 431 g/mol. The summed E-state index contributed by atoms with van der Waals surface area (Å²) in [5.74, 6) is 0.569. The molecule has 2 aromatic rings. The normalized spacial score (nSPS) is 19.8. The molecule has 0 fully saturated rings. The second kappa shape index (κ2) is 8.37. The molecule has 0 aromatic heterocycles. The van der Waals surface area contributed by atoms with E-state index in [9.17, 15) is 0 Å². The highest BCUT2D eigenvalue weighted by Gasteiger charge is 2.41. The van der Waals surface area contributed by atoms with Crippen molar-refractivity contribution in [1.29, 1.82) is 0 Å². The summed E-state index contributed by atoms with van der Waals surface area (Å²) in [6.07, 6.45) is 9.11. The van der Waals surface area contributed by atoms with Crippen molar-refractivity contribution in [2.75, 3.05) is 0 Å². The van der Waals surface area contributed by atoms with Gasteiger partial charge in [-0.1, -0.05) is 87.7 Å². The van der Waals surface area contributed by atoms with E-state index in [1.54, 1.807) is 22.3 Å². The molecule has 0 amide bonds. The Morgan fingerprint density at radius 2 is 1.65 bits per heavy atom. The SMILES string of the molecule is CCCCCCC1c2ccccc2-c2cc3c(cc21)C=C(C)C3[Si](C)(C)NC(C)(C)C. The van der Waals surface area contributed by atoms with Crippen LogP contribution in [0.15, 0.2) is 42.0 Å². The summed E-state index contributed by atoms with van der Waals surface area (Å²) in [7, 11) is -1.71. The number of hydrogen-bond acceptors (Lipinski definition) is 1. The van der Waals surface area contributed by atoms with Crippen molar-refractivity contribution >= 4 is 14.3 Å². The Morgan fingerprint density at radius 3 is 2.35 bits per heavy atom. The van der Waals surface area contributed by atoms with E-state index in [1.807, 2.05) is 0 Å². The van der Waals surface area contributed by atoms with Gasteiger partial charge in [0.2, 0.25) is 0 Å². The molecule has 1 N–H and O–H groups in total. The highest BCUT2D eigenvalue weighted by atomic mass is 28.3. The van der Waals surface area contributed by atoms with Crippen LogP contribution in [0.4, 0.5) is 0 Å². The van der Waals surface area contributed by atoms with Crippen molar-refractivity contribution in [2.45, 2.75) is 96.8 Å². The molecule has 0 saturated carbocycles. The molecule has 0 aliphatic heterocycles. The summed E-state index contributed by atoms with van der Waals surface area (Å²) < 4.78 is 0. The van der Waals surface area contributed by atoms with Crippen LogP contribution in [0, 0.1) is 0 Å². The minimum Gasteiger partial charge on any atom is -0.332 e. The van der Waals surface area contributed by atoms with Gasteiger partial charge in [0.05, 0.1) is 0 Å². The van der Waals surface area contributed by atoms with E-state index in [1.165, 1.54) is 48.8 Å². The largest absolute Gasteiger partial charge is 0.332 e. The Labute approximate surface area is 191 Å². The van der Waals surface area contributed by atoms with Crippen LogP contribution in [0.2, 0.25) is 13.1 Å². The summed E-state index contributed by atoms with van der Waals surface area (Å²) in [4.78, 5) is 4.04. The molecule has 31 heavy (non-hydrogen) atoms. The number of benzene rings is 2. The predicted octanol–water partition coefficient (Wildman–Crippen LogP) is 8.40. The summed E-state index contributed by atoms with van der Waals surface area (Å²) >= 11 is 0. The first-order chi connectivity index (χ1) is 14.6. The third-order valence-corrected chi connectivity index (χ3v) is 10.8. The molecule has 2 aliphatic carbocycles. The molecule has 0 saturated heterocycles. The molecule has 0 heterocycles. The number of nitrogens with one attached hydrogen (secondary N) is 1. The fourth-order valence-corrected chi connectivity index (χ4v) is 10.7. The van der Waals surface area contributed by atoms with Crippen molar-refractivity contribution < 1.29 is 0 Å². The van der Waals surface area contributed by atoms with Crippen LogP contribution in [0.3, 0.4) is 0 Å². The summed E-state index contributed by atoms with van der Waals surface area (Å²) in [5, 5.41) is 0. The molecule has 0 spiro atoms. The summed E-state index contributed by atoms with van der Waals surface area (Å²) in [6.45, 7) is 16.6. The van der Waals surface area contributed by atoms with Gasteiger partial charge in [0, 0.05) is 17.0 Å². The Balaban J connectivity index is 1.74. The number of unbranched alkanes of at least 4 members (excludes halogenated alkanes) is 3. The Morgan fingerprint density at radius 1 is 0.903 bits per heavy atom. The van der Waals surface area contributed by atoms with E-state index in [4.69, 9.17) is 0 Å². The Bertz CT molecular complexity index is 992. The van der Waals surface area contributed by atoms with E-state index in [0.29, 0.717) is 11.5 Å². The van der Waals surface area contributed by atoms with E-state index < -0.39 is 8.24 Å². The van der Waals surface area contributed by atoms with Gasteiger partial charge in [0.15, 0.2) is 0 Å². The van der Waals surface area contributed by atoms with Gasteiger partial charge in [-0.15, -0.1) is 0 Å². The summed E-state index contributed by atoms with van der Waals surface area (Å²) in [5.41, 5.74) is 11.4. The lowest BCUT2D eigenvalue weighted by Gasteiger charge is -2.39. The van der Waals surface area contributed by atoms with Crippen LogP contribution in [0.25, 0.3) is 17.2 Å². The first kappa shape index (κ1) is 22.5. The van der Waals surface area contributed by atoms with Gasteiger partial charge in [-0.2, -0.15) is 0 Å². The number of rotatable bonds is 7. The molecule has 2 aromatic carbocycles. The lowest BCUT2D eigenvalue weighted by molar-refractivity contribution is 0.508. The van der Waals surface area contributed by atoms with Crippen LogP contribution in [-0.2, 0) is 0 Å². The lowest BCUT2D eigenvalue weighted by Crippen LogP contribution is -2.58. The first-order valence-electron chi connectivity index (χ1n) is 12.4. The van der Waals surface area contributed by atoms with Gasteiger partial charge in [-0.25, -0.2) is 0 Å². The molecule has 166 valence electrons.